The van der Waals surface area contributed by atoms with Crippen molar-refractivity contribution in [3.63, 3.8) is 0 Å². The quantitative estimate of drug-likeness (QED) is 0.436. The van der Waals surface area contributed by atoms with Crippen LogP contribution in [-0.4, -0.2) is 23.3 Å². The maximum Gasteiger partial charge on any atom is 0.339 e. The number of hydrogen-bond donors (Lipinski definition) is 0. The van der Waals surface area contributed by atoms with E-state index >= 15 is 0 Å². The molecule has 0 amide bonds. The van der Waals surface area contributed by atoms with Gasteiger partial charge in [-0.15, -0.1) is 0 Å². The van der Waals surface area contributed by atoms with Crippen LogP contribution >= 0.6 is 0 Å². The van der Waals surface area contributed by atoms with Gasteiger partial charge in [-0.2, -0.15) is 0 Å². The summed E-state index contributed by atoms with van der Waals surface area (Å²) in [6, 6.07) is 15.2. The number of esters is 1. The third-order valence-electron chi connectivity index (χ3n) is 5.52. The lowest BCUT2D eigenvalue weighted by Crippen LogP contribution is -2.18. The predicted octanol–water partition coefficient (Wildman–Crippen LogP) is 5.11. The highest BCUT2D eigenvalue weighted by Gasteiger charge is 2.24. The van der Waals surface area contributed by atoms with Gasteiger partial charge in [0.1, 0.15) is 0 Å². The number of ether oxygens (including phenoxy) is 1. The van der Waals surface area contributed by atoms with E-state index < -0.39 is 5.97 Å². The number of carbonyl (C=O) groups is 2. The van der Waals surface area contributed by atoms with E-state index in [1.165, 1.54) is 5.56 Å². The number of fused-ring (bicyclic) bond motifs is 2. The standard InChI is InChI=1S/C25H25NO3/c1-2-7-17-12-14-18(15-13-17)23(27)16-29-25(28)24-19-8-3-5-10-21(19)26-22-11-6-4-9-20(22)24/h3,5,8,10,12-15H,2,4,6-7,9,11,16H2,1H3. The van der Waals surface area contributed by atoms with E-state index in [0.717, 1.165) is 60.7 Å². The summed E-state index contributed by atoms with van der Waals surface area (Å²) >= 11 is 0. The van der Waals surface area contributed by atoms with Crippen LogP contribution in [0.1, 0.15) is 63.7 Å². The lowest BCUT2D eigenvalue weighted by Gasteiger charge is -2.19. The molecule has 0 atom stereocenters. The van der Waals surface area contributed by atoms with Crippen molar-refractivity contribution in [1.29, 1.82) is 0 Å². The average molecular weight is 387 g/mol. The van der Waals surface area contributed by atoms with Crippen LogP contribution in [0.2, 0.25) is 0 Å². The van der Waals surface area contributed by atoms with Crippen LogP contribution < -0.4 is 0 Å². The smallest absolute Gasteiger partial charge is 0.339 e. The molecule has 4 heteroatoms. The second kappa shape index (κ2) is 8.56. The summed E-state index contributed by atoms with van der Waals surface area (Å²) in [5, 5.41) is 0.800. The number of pyridine rings is 1. The topological polar surface area (TPSA) is 56.3 Å². The van der Waals surface area contributed by atoms with E-state index in [2.05, 4.69) is 6.92 Å². The Labute approximate surface area is 170 Å². The molecule has 0 fully saturated rings. The van der Waals surface area contributed by atoms with Crippen molar-refractivity contribution in [2.24, 2.45) is 0 Å². The summed E-state index contributed by atoms with van der Waals surface area (Å²) in [5.41, 5.74) is 5.13. The highest BCUT2D eigenvalue weighted by molar-refractivity contribution is 6.06. The fraction of sp³-hybridized carbons (Fsp3) is 0.320. The number of aryl methyl sites for hydroxylation is 2. The predicted molar refractivity (Wildman–Crippen MR) is 113 cm³/mol. The van der Waals surface area contributed by atoms with Crippen LogP contribution in [-0.2, 0) is 24.0 Å². The Morgan fingerprint density at radius 3 is 2.55 bits per heavy atom. The average Bonchev–Trinajstić information content (AvgIpc) is 2.76. The summed E-state index contributed by atoms with van der Waals surface area (Å²) in [6.07, 6.45) is 5.88. The largest absolute Gasteiger partial charge is 0.454 e. The van der Waals surface area contributed by atoms with Gasteiger partial charge in [-0.3, -0.25) is 9.78 Å². The number of carbonyl (C=O) groups excluding carboxylic acids is 2. The zero-order valence-electron chi connectivity index (χ0n) is 16.7. The molecule has 0 unspecified atom stereocenters. The summed E-state index contributed by atoms with van der Waals surface area (Å²) in [7, 11) is 0. The molecule has 2 aromatic carbocycles. The van der Waals surface area contributed by atoms with Gasteiger partial charge in [0.2, 0.25) is 0 Å². The van der Waals surface area contributed by atoms with E-state index in [0.29, 0.717) is 11.1 Å². The van der Waals surface area contributed by atoms with Crippen molar-refractivity contribution in [3.05, 3.63) is 76.5 Å². The maximum atomic E-state index is 13.0. The first-order chi connectivity index (χ1) is 14.2. The van der Waals surface area contributed by atoms with E-state index in [-0.39, 0.29) is 12.4 Å². The first kappa shape index (κ1) is 19.3. The molecule has 1 heterocycles. The maximum absolute atomic E-state index is 13.0. The Morgan fingerprint density at radius 2 is 1.76 bits per heavy atom. The molecule has 0 saturated heterocycles. The molecule has 0 bridgehead atoms. The van der Waals surface area contributed by atoms with Crippen molar-refractivity contribution in [1.82, 2.24) is 4.98 Å². The minimum absolute atomic E-state index is 0.186. The van der Waals surface area contributed by atoms with Crippen LogP contribution in [0, 0.1) is 0 Å². The lowest BCUT2D eigenvalue weighted by molar-refractivity contribution is 0.0475. The molecule has 0 N–H and O–H groups in total. The van der Waals surface area contributed by atoms with Gasteiger partial charge in [0.25, 0.3) is 0 Å². The Morgan fingerprint density at radius 1 is 1.00 bits per heavy atom. The number of Topliss-reactive ketones (excluding diaryl/α,β-unsaturated/α-hetero) is 1. The molecule has 1 aliphatic carbocycles. The van der Waals surface area contributed by atoms with Crippen molar-refractivity contribution >= 4 is 22.7 Å². The molecule has 4 nitrogen and oxygen atoms in total. The highest BCUT2D eigenvalue weighted by Crippen LogP contribution is 2.29. The fourth-order valence-corrected chi connectivity index (χ4v) is 4.04. The number of ketones is 1. The molecule has 0 aliphatic heterocycles. The van der Waals surface area contributed by atoms with Crippen LogP contribution in [0.25, 0.3) is 10.9 Å². The molecule has 0 radical (unpaired) electrons. The van der Waals surface area contributed by atoms with Crippen LogP contribution in [0.4, 0.5) is 0 Å². The van der Waals surface area contributed by atoms with Gasteiger partial charge in [0.05, 0.1) is 11.1 Å². The number of para-hydroxylation sites is 1. The summed E-state index contributed by atoms with van der Waals surface area (Å²) in [6.45, 7) is 1.87. The fourth-order valence-electron chi connectivity index (χ4n) is 4.04. The second-order valence-corrected chi connectivity index (χ2v) is 7.58. The first-order valence-corrected chi connectivity index (χ1v) is 10.4. The van der Waals surface area contributed by atoms with Crippen LogP contribution in [0.5, 0.6) is 0 Å². The minimum atomic E-state index is -0.433. The van der Waals surface area contributed by atoms with Gasteiger partial charge >= 0.3 is 5.97 Å². The number of rotatable bonds is 6. The van der Waals surface area contributed by atoms with Gasteiger partial charge in [0.15, 0.2) is 12.4 Å². The van der Waals surface area contributed by atoms with E-state index in [1.54, 1.807) is 0 Å². The van der Waals surface area contributed by atoms with Crippen molar-refractivity contribution < 1.29 is 14.3 Å². The van der Waals surface area contributed by atoms with E-state index in [9.17, 15) is 9.59 Å². The molecule has 1 aliphatic rings. The molecule has 3 aromatic rings. The molecular formula is C25H25NO3. The Bertz CT molecular complexity index is 1050. The summed E-state index contributed by atoms with van der Waals surface area (Å²) < 4.78 is 5.48. The Balaban J connectivity index is 1.55. The molecule has 4 rings (SSSR count). The van der Waals surface area contributed by atoms with Crippen molar-refractivity contribution in [3.8, 4) is 0 Å². The SMILES string of the molecule is CCCc1ccc(C(=O)COC(=O)c2c3c(nc4ccccc24)CCCC3)cc1. The van der Waals surface area contributed by atoms with Gasteiger partial charge in [-0.25, -0.2) is 4.79 Å². The highest BCUT2D eigenvalue weighted by atomic mass is 16.5. The summed E-state index contributed by atoms with van der Waals surface area (Å²) in [5.74, 6) is -0.619. The molecular weight excluding hydrogens is 362 g/mol. The second-order valence-electron chi connectivity index (χ2n) is 7.58. The Kier molecular flexibility index (Phi) is 5.70. The molecule has 1 aromatic heterocycles. The Hall–Kier alpha value is -3.01. The minimum Gasteiger partial charge on any atom is -0.454 e. The third-order valence-corrected chi connectivity index (χ3v) is 5.52. The number of aromatic nitrogens is 1. The zero-order chi connectivity index (χ0) is 20.2. The van der Waals surface area contributed by atoms with Crippen LogP contribution in [0.15, 0.2) is 48.5 Å². The monoisotopic (exact) mass is 387 g/mol. The van der Waals surface area contributed by atoms with Gasteiger partial charge in [0, 0.05) is 16.6 Å². The van der Waals surface area contributed by atoms with Crippen LogP contribution in [0.3, 0.4) is 0 Å². The zero-order valence-corrected chi connectivity index (χ0v) is 16.7. The van der Waals surface area contributed by atoms with Gasteiger partial charge in [-0.05, 0) is 49.3 Å². The van der Waals surface area contributed by atoms with E-state index in [4.69, 9.17) is 9.72 Å². The number of benzene rings is 2. The molecule has 29 heavy (non-hydrogen) atoms. The summed E-state index contributed by atoms with van der Waals surface area (Å²) in [4.78, 5) is 30.3. The number of hydrogen-bond acceptors (Lipinski definition) is 4. The third kappa shape index (κ3) is 4.07. The lowest BCUT2D eigenvalue weighted by atomic mass is 9.90. The first-order valence-electron chi connectivity index (χ1n) is 10.4. The van der Waals surface area contributed by atoms with Gasteiger partial charge < -0.3 is 4.74 Å². The van der Waals surface area contributed by atoms with Crippen molar-refractivity contribution in [2.75, 3.05) is 6.61 Å². The molecule has 0 saturated carbocycles. The normalized spacial score (nSPS) is 13.1. The van der Waals surface area contributed by atoms with E-state index in [1.807, 2.05) is 48.5 Å². The molecule has 0 spiro atoms. The van der Waals surface area contributed by atoms with Crippen molar-refractivity contribution in [2.45, 2.75) is 45.4 Å². The van der Waals surface area contributed by atoms with Gasteiger partial charge in [-0.1, -0.05) is 55.8 Å². The number of nitrogens with zero attached hydrogens (tertiary/aromatic N) is 1. The molecule has 148 valence electrons.